The molecule has 0 aliphatic rings. The Morgan fingerprint density at radius 3 is 1.55 bits per heavy atom. The molecule has 10 aromatic rings. The van der Waals surface area contributed by atoms with Crippen LogP contribution in [0, 0.1) is 11.6 Å². The number of aromatic hydroxyl groups is 2. The van der Waals surface area contributed by atoms with E-state index in [9.17, 15) is 19.0 Å². The third-order valence-corrected chi connectivity index (χ3v) is 10.1. The maximum absolute atomic E-state index is 14.3. The van der Waals surface area contributed by atoms with Gasteiger partial charge in [-0.3, -0.25) is 0 Å². The fraction of sp³-hybridized carbons (Fsp3) is 0.0222. The lowest BCUT2D eigenvalue weighted by molar-refractivity contribution is 0.477. The molecule has 0 fully saturated rings. The van der Waals surface area contributed by atoms with Gasteiger partial charge in [0.1, 0.15) is 39.9 Å². The Kier molecular flexibility index (Phi) is 8.45. The summed E-state index contributed by atoms with van der Waals surface area (Å²) in [6.45, 7) is 0. The summed E-state index contributed by atoms with van der Waals surface area (Å²) in [5.74, 6) is -1.45. The number of phenols is 2. The molecule has 2 aromatic heterocycles. The van der Waals surface area contributed by atoms with Crippen LogP contribution >= 0.6 is 23.2 Å². The van der Waals surface area contributed by atoms with Crippen LogP contribution in [0.25, 0.3) is 87.7 Å². The van der Waals surface area contributed by atoms with E-state index in [1.165, 1.54) is 30.3 Å². The van der Waals surface area contributed by atoms with Gasteiger partial charge in [-0.25, -0.2) is 8.78 Å². The molecule has 8 aromatic carbocycles. The van der Waals surface area contributed by atoms with E-state index in [1.807, 2.05) is 36.4 Å². The number of hydrogen-bond acceptors (Lipinski definition) is 4. The fourth-order valence-electron chi connectivity index (χ4n) is 7.01. The Bertz CT molecular complexity index is 3060. The van der Waals surface area contributed by atoms with Crippen LogP contribution in [0.15, 0.2) is 142 Å². The lowest BCUT2D eigenvalue weighted by Crippen LogP contribution is -1.89. The maximum atomic E-state index is 14.3. The zero-order valence-electron chi connectivity index (χ0n) is 26.9. The highest BCUT2D eigenvalue weighted by Gasteiger charge is 2.19. The van der Waals surface area contributed by atoms with Crippen LogP contribution in [0.2, 0.25) is 10.0 Å². The summed E-state index contributed by atoms with van der Waals surface area (Å²) in [6, 6.07) is 39.1. The normalized spacial score (nSPS) is 11.4. The molecular weight excluding hydrogens is 713 g/mol. The predicted molar refractivity (Wildman–Crippen MR) is 213 cm³/mol. The minimum absolute atomic E-state index is 0. The van der Waals surface area contributed by atoms with Crippen LogP contribution in [0.4, 0.5) is 8.78 Å². The SMILES string of the molecule is C.Clc1cccc2c1oc1c2ccc2c1ccc1c3ccccc3oc12.Oc1c(-c2ccccc2F)ccc2c(O)c(-c3cccc(Cl)c3F)ccc12. The second-order valence-corrected chi connectivity index (χ2v) is 13.2. The van der Waals surface area contributed by atoms with Crippen LogP contribution in [0.5, 0.6) is 11.5 Å². The van der Waals surface area contributed by atoms with Gasteiger partial charge in [0.25, 0.3) is 0 Å². The molecule has 0 spiro atoms. The summed E-state index contributed by atoms with van der Waals surface area (Å²) in [5.41, 5.74) is 4.34. The molecule has 8 heteroatoms. The van der Waals surface area contributed by atoms with E-state index in [4.69, 9.17) is 32.0 Å². The smallest absolute Gasteiger partial charge is 0.154 e. The van der Waals surface area contributed by atoms with Crippen LogP contribution in [0.1, 0.15) is 7.43 Å². The van der Waals surface area contributed by atoms with Crippen molar-refractivity contribution >= 4 is 88.6 Å². The molecule has 53 heavy (non-hydrogen) atoms. The van der Waals surface area contributed by atoms with Crippen LogP contribution in [-0.4, -0.2) is 10.2 Å². The molecule has 4 nitrogen and oxygen atoms in total. The van der Waals surface area contributed by atoms with Crippen molar-refractivity contribution < 1.29 is 27.8 Å². The molecule has 10 rings (SSSR count). The molecule has 0 atom stereocenters. The first-order valence-electron chi connectivity index (χ1n) is 16.3. The Morgan fingerprint density at radius 1 is 0.396 bits per heavy atom. The predicted octanol–water partition coefficient (Wildman–Crippen LogP) is 14.4. The molecule has 0 aliphatic carbocycles. The van der Waals surface area contributed by atoms with Gasteiger partial charge >= 0.3 is 0 Å². The van der Waals surface area contributed by atoms with E-state index >= 15 is 0 Å². The van der Waals surface area contributed by atoms with Crippen molar-refractivity contribution in [3.05, 3.63) is 155 Å². The first-order chi connectivity index (χ1) is 25.3. The highest BCUT2D eigenvalue weighted by Crippen LogP contribution is 2.45. The number of para-hydroxylation sites is 2. The number of rotatable bonds is 2. The van der Waals surface area contributed by atoms with Gasteiger partial charge in [0.05, 0.1) is 10.0 Å². The number of halogens is 4. The zero-order valence-corrected chi connectivity index (χ0v) is 28.4. The van der Waals surface area contributed by atoms with Gasteiger partial charge in [-0.2, -0.15) is 0 Å². The van der Waals surface area contributed by atoms with Crippen molar-refractivity contribution in [3.63, 3.8) is 0 Å². The number of benzene rings is 8. The second kappa shape index (κ2) is 13.2. The van der Waals surface area contributed by atoms with Crippen LogP contribution < -0.4 is 0 Å². The average Bonchev–Trinajstić information content (AvgIpc) is 3.74. The Hall–Kier alpha value is -6.08. The molecule has 0 saturated carbocycles. The van der Waals surface area contributed by atoms with Gasteiger partial charge in [0.2, 0.25) is 0 Å². The van der Waals surface area contributed by atoms with E-state index in [-0.39, 0.29) is 40.6 Å². The fourth-order valence-corrected chi connectivity index (χ4v) is 7.40. The van der Waals surface area contributed by atoms with Gasteiger partial charge in [-0.05, 0) is 72.8 Å². The van der Waals surface area contributed by atoms with Gasteiger partial charge < -0.3 is 19.0 Å². The summed E-state index contributed by atoms with van der Waals surface area (Å²) in [4.78, 5) is 0. The van der Waals surface area contributed by atoms with Crippen molar-refractivity contribution in [2.45, 2.75) is 7.43 Å². The molecule has 2 heterocycles. The van der Waals surface area contributed by atoms with Crippen molar-refractivity contribution in [1.29, 1.82) is 0 Å². The molecule has 0 unspecified atom stereocenters. The summed E-state index contributed by atoms with van der Waals surface area (Å²) in [6.07, 6.45) is 0. The largest absolute Gasteiger partial charge is 0.507 e. The molecule has 0 bridgehead atoms. The van der Waals surface area contributed by atoms with Gasteiger partial charge in [0, 0.05) is 65.3 Å². The maximum Gasteiger partial charge on any atom is 0.154 e. The van der Waals surface area contributed by atoms with Gasteiger partial charge in [-0.15, -0.1) is 0 Å². The molecule has 2 N–H and O–H groups in total. The monoisotopic (exact) mass is 740 g/mol. The van der Waals surface area contributed by atoms with E-state index in [0.29, 0.717) is 21.4 Å². The Balaban J connectivity index is 0.000000148. The standard InChI is InChI=1S/C22H13ClF2O2.C22H11ClO2.CH4/c23-18-6-3-5-13(20(18)25)15-9-11-16-17(22(15)27)10-8-14(21(16)26)12-4-1-2-7-19(12)24;23-18-6-3-5-13-15-10-11-16-17(21(15)25-22(13)18)9-8-14-12-4-1-2-7-19(12)24-20(14)16;/h1-11,26-27H;1-11H;1H4. The zero-order chi connectivity index (χ0) is 35.7. The quantitative estimate of drug-likeness (QED) is 0.185. The first kappa shape index (κ1) is 34.0. The summed E-state index contributed by atoms with van der Waals surface area (Å²) < 4.78 is 40.7. The van der Waals surface area contributed by atoms with Crippen molar-refractivity contribution in [3.8, 4) is 33.8 Å². The lowest BCUT2D eigenvalue weighted by Gasteiger charge is -2.13. The number of furan rings is 2. The average molecular weight is 742 g/mol. The van der Waals surface area contributed by atoms with Crippen LogP contribution in [0.3, 0.4) is 0 Å². The minimum Gasteiger partial charge on any atom is -0.507 e. The Morgan fingerprint density at radius 2 is 0.868 bits per heavy atom. The molecular formula is C45H28Cl2F2O4. The van der Waals surface area contributed by atoms with Gasteiger partial charge in [-0.1, -0.05) is 91.3 Å². The van der Waals surface area contributed by atoms with E-state index in [0.717, 1.165) is 54.6 Å². The minimum atomic E-state index is -0.638. The molecule has 260 valence electrons. The number of phenolic OH excluding ortho intramolecular Hbond substituents is 2. The van der Waals surface area contributed by atoms with E-state index in [1.54, 1.807) is 36.4 Å². The van der Waals surface area contributed by atoms with Gasteiger partial charge in [0.15, 0.2) is 5.58 Å². The molecule has 0 aliphatic heterocycles. The number of hydrogen-bond donors (Lipinski definition) is 2. The highest BCUT2D eigenvalue weighted by molar-refractivity contribution is 6.36. The van der Waals surface area contributed by atoms with Crippen molar-refractivity contribution in [1.82, 2.24) is 0 Å². The third kappa shape index (κ3) is 5.41. The van der Waals surface area contributed by atoms with E-state index < -0.39 is 11.6 Å². The Labute approximate surface area is 311 Å². The molecule has 0 radical (unpaired) electrons. The lowest BCUT2D eigenvalue weighted by atomic mass is 9.95. The summed E-state index contributed by atoms with van der Waals surface area (Å²) in [5, 5.41) is 29.0. The number of fused-ring (bicyclic) bond motifs is 10. The summed E-state index contributed by atoms with van der Waals surface area (Å²) in [7, 11) is 0. The highest BCUT2D eigenvalue weighted by atomic mass is 35.5. The van der Waals surface area contributed by atoms with E-state index in [2.05, 4.69) is 30.3 Å². The first-order valence-corrected chi connectivity index (χ1v) is 17.1. The molecule has 0 saturated heterocycles. The summed E-state index contributed by atoms with van der Waals surface area (Å²) >= 11 is 12.1. The van der Waals surface area contributed by atoms with Crippen LogP contribution in [-0.2, 0) is 0 Å². The van der Waals surface area contributed by atoms with Crippen molar-refractivity contribution in [2.24, 2.45) is 0 Å². The molecule has 0 amide bonds. The third-order valence-electron chi connectivity index (χ3n) is 9.50. The second-order valence-electron chi connectivity index (χ2n) is 12.4. The topological polar surface area (TPSA) is 66.7 Å². The van der Waals surface area contributed by atoms with Crippen molar-refractivity contribution in [2.75, 3.05) is 0 Å².